The molecule has 2 aliphatic rings. The van der Waals surface area contributed by atoms with Crippen molar-refractivity contribution in [3.05, 3.63) is 29.8 Å². The quantitative estimate of drug-likeness (QED) is 0.682. The van der Waals surface area contributed by atoms with Crippen molar-refractivity contribution < 1.29 is 13.2 Å². The van der Waals surface area contributed by atoms with Gasteiger partial charge in [0.05, 0.1) is 18.1 Å². The van der Waals surface area contributed by atoms with Gasteiger partial charge in [-0.25, -0.2) is 13.1 Å². The van der Waals surface area contributed by atoms with Crippen molar-refractivity contribution in [2.75, 3.05) is 26.8 Å². The SMILES string of the molecule is CNS(=O)(=O)c1cccc(CNC2CCCC2C2COCCN2)c1.Cl. The lowest BCUT2D eigenvalue weighted by Crippen LogP contribution is -2.50. The Balaban J connectivity index is 0.00000225. The van der Waals surface area contributed by atoms with Crippen LogP contribution in [0.4, 0.5) is 0 Å². The normalized spacial score (nSPS) is 27.0. The van der Waals surface area contributed by atoms with Crippen LogP contribution in [0, 0.1) is 5.92 Å². The Hall–Kier alpha value is -0.700. The van der Waals surface area contributed by atoms with Gasteiger partial charge in [0.25, 0.3) is 0 Å². The van der Waals surface area contributed by atoms with Gasteiger partial charge in [-0.3, -0.25) is 0 Å². The molecule has 3 atom stereocenters. The first kappa shape index (κ1) is 20.6. The van der Waals surface area contributed by atoms with Crippen molar-refractivity contribution in [3.63, 3.8) is 0 Å². The molecule has 1 saturated carbocycles. The van der Waals surface area contributed by atoms with E-state index in [9.17, 15) is 8.42 Å². The van der Waals surface area contributed by atoms with Gasteiger partial charge in [-0.05, 0) is 43.5 Å². The average Bonchev–Trinajstić information content (AvgIpc) is 3.09. The molecular formula is C17H28ClN3O3S. The van der Waals surface area contributed by atoms with Gasteiger partial charge in [-0.2, -0.15) is 0 Å². The molecule has 1 aliphatic carbocycles. The average molecular weight is 390 g/mol. The van der Waals surface area contributed by atoms with E-state index in [0.29, 0.717) is 29.4 Å². The second-order valence-corrected chi connectivity index (χ2v) is 8.46. The lowest BCUT2D eigenvalue weighted by atomic mass is 9.94. The molecule has 3 N–H and O–H groups in total. The van der Waals surface area contributed by atoms with E-state index in [-0.39, 0.29) is 12.4 Å². The Morgan fingerprint density at radius 3 is 2.88 bits per heavy atom. The molecule has 0 aromatic heterocycles. The molecule has 142 valence electrons. The molecule has 2 fully saturated rings. The number of hydrogen-bond acceptors (Lipinski definition) is 5. The van der Waals surface area contributed by atoms with E-state index in [1.807, 2.05) is 6.07 Å². The van der Waals surface area contributed by atoms with Crippen LogP contribution in [0.15, 0.2) is 29.2 Å². The number of ether oxygens (including phenoxy) is 1. The number of sulfonamides is 1. The number of rotatable bonds is 6. The first-order valence-electron chi connectivity index (χ1n) is 8.67. The smallest absolute Gasteiger partial charge is 0.240 e. The Kier molecular flexibility index (Phi) is 7.67. The zero-order chi connectivity index (χ0) is 17.0. The standard InChI is InChI=1S/C17H27N3O3S.ClH/c1-18-24(21,22)14-5-2-4-13(10-14)11-20-16-7-3-6-15(16)17-12-23-9-8-19-17;/h2,4-5,10,15-20H,3,6-9,11-12H2,1H3;1H. The molecule has 8 heteroatoms. The minimum Gasteiger partial charge on any atom is -0.379 e. The molecule has 1 heterocycles. The van der Waals surface area contributed by atoms with Crippen LogP contribution in [0.2, 0.25) is 0 Å². The third-order valence-corrected chi connectivity index (χ3v) is 6.49. The van der Waals surface area contributed by atoms with Crippen LogP contribution in [0.5, 0.6) is 0 Å². The van der Waals surface area contributed by atoms with Gasteiger partial charge in [-0.15, -0.1) is 12.4 Å². The van der Waals surface area contributed by atoms with Crippen molar-refractivity contribution in [3.8, 4) is 0 Å². The minimum absolute atomic E-state index is 0. The summed E-state index contributed by atoms with van der Waals surface area (Å²) in [6, 6.07) is 8.00. The molecule has 1 aromatic rings. The maximum Gasteiger partial charge on any atom is 0.240 e. The fourth-order valence-electron chi connectivity index (χ4n) is 3.77. The Labute approximate surface area is 156 Å². The maximum atomic E-state index is 11.9. The van der Waals surface area contributed by atoms with Crippen LogP contribution in [-0.2, 0) is 21.3 Å². The third-order valence-electron chi connectivity index (χ3n) is 5.08. The topological polar surface area (TPSA) is 79.5 Å². The number of benzene rings is 1. The number of nitrogens with one attached hydrogen (secondary N) is 3. The fourth-order valence-corrected chi connectivity index (χ4v) is 4.57. The molecule has 3 unspecified atom stereocenters. The van der Waals surface area contributed by atoms with E-state index in [2.05, 4.69) is 15.4 Å². The lowest BCUT2D eigenvalue weighted by molar-refractivity contribution is 0.0524. The molecule has 3 rings (SSSR count). The van der Waals surface area contributed by atoms with E-state index in [0.717, 1.165) is 31.7 Å². The maximum absolute atomic E-state index is 11.9. The van der Waals surface area contributed by atoms with Crippen molar-refractivity contribution >= 4 is 22.4 Å². The summed E-state index contributed by atoms with van der Waals surface area (Å²) in [4.78, 5) is 0.314. The largest absolute Gasteiger partial charge is 0.379 e. The minimum atomic E-state index is -3.39. The van der Waals surface area contributed by atoms with E-state index in [1.54, 1.807) is 18.2 Å². The fraction of sp³-hybridized carbons (Fsp3) is 0.647. The summed E-state index contributed by atoms with van der Waals surface area (Å²) in [5, 5.41) is 7.20. The number of morpholine rings is 1. The van der Waals surface area contributed by atoms with Crippen molar-refractivity contribution in [2.45, 2.75) is 42.8 Å². The highest BCUT2D eigenvalue weighted by Crippen LogP contribution is 2.29. The van der Waals surface area contributed by atoms with Gasteiger partial charge in [0.2, 0.25) is 10.0 Å². The van der Waals surface area contributed by atoms with Crippen LogP contribution in [0.1, 0.15) is 24.8 Å². The molecule has 25 heavy (non-hydrogen) atoms. The van der Waals surface area contributed by atoms with E-state index in [4.69, 9.17) is 4.74 Å². The predicted molar refractivity (Wildman–Crippen MR) is 101 cm³/mol. The van der Waals surface area contributed by atoms with Crippen LogP contribution in [-0.4, -0.2) is 47.3 Å². The molecule has 1 saturated heterocycles. The third kappa shape index (κ3) is 5.15. The summed E-state index contributed by atoms with van der Waals surface area (Å²) in [5.41, 5.74) is 0.991. The summed E-state index contributed by atoms with van der Waals surface area (Å²) in [6.07, 6.45) is 3.61. The van der Waals surface area contributed by atoms with Gasteiger partial charge in [0, 0.05) is 25.2 Å². The van der Waals surface area contributed by atoms with Gasteiger partial charge in [0.15, 0.2) is 0 Å². The molecule has 0 radical (unpaired) electrons. The summed E-state index contributed by atoms with van der Waals surface area (Å²) in [6.45, 7) is 3.20. The number of halogens is 1. The van der Waals surface area contributed by atoms with Gasteiger partial charge in [0.1, 0.15) is 0 Å². The highest BCUT2D eigenvalue weighted by molar-refractivity contribution is 7.89. The van der Waals surface area contributed by atoms with E-state index < -0.39 is 10.0 Å². The summed E-state index contributed by atoms with van der Waals surface area (Å²) in [5.74, 6) is 0.578. The zero-order valence-electron chi connectivity index (χ0n) is 14.5. The highest BCUT2D eigenvalue weighted by atomic mass is 35.5. The van der Waals surface area contributed by atoms with Crippen LogP contribution in [0.3, 0.4) is 0 Å². The molecule has 6 nitrogen and oxygen atoms in total. The molecule has 1 aromatic carbocycles. The van der Waals surface area contributed by atoms with E-state index >= 15 is 0 Å². The van der Waals surface area contributed by atoms with Crippen LogP contribution < -0.4 is 15.4 Å². The lowest BCUT2D eigenvalue weighted by Gasteiger charge is -2.33. The summed E-state index contributed by atoms with van der Waals surface area (Å²) >= 11 is 0. The Morgan fingerprint density at radius 2 is 2.16 bits per heavy atom. The first-order chi connectivity index (χ1) is 11.6. The second kappa shape index (κ2) is 9.30. The van der Waals surface area contributed by atoms with Crippen LogP contribution >= 0.6 is 12.4 Å². The Morgan fingerprint density at radius 1 is 1.32 bits per heavy atom. The molecule has 0 amide bonds. The van der Waals surface area contributed by atoms with Crippen LogP contribution in [0.25, 0.3) is 0 Å². The van der Waals surface area contributed by atoms with Crippen molar-refractivity contribution in [1.29, 1.82) is 0 Å². The second-order valence-electron chi connectivity index (χ2n) is 6.57. The van der Waals surface area contributed by atoms with Crippen molar-refractivity contribution in [2.24, 2.45) is 5.92 Å². The number of hydrogen-bond donors (Lipinski definition) is 3. The molecule has 0 spiro atoms. The van der Waals surface area contributed by atoms with Gasteiger partial charge >= 0.3 is 0 Å². The van der Waals surface area contributed by atoms with Gasteiger partial charge < -0.3 is 15.4 Å². The molecular weight excluding hydrogens is 362 g/mol. The van der Waals surface area contributed by atoms with E-state index in [1.165, 1.54) is 19.9 Å². The predicted octanol–water partition coefficient (Wildman–Crippen LogP) is 1.26. The molecule has 1 aliphatic heterocycles. The van der Waals surface area contributed by atoms with Gasteiger partial charge in [-0.1, -0.05) is 18.6 Å². The summed E-state index contributed by atoms with van der Waals surface area (Å²) in [7, 11) is -1.96. The van der Waals surface area contributed by atoms with Crippen molar-refractivity contribution in [1.82, 2.24) is 15.4 Å². The Bertz CT molecular complexity index is 650. The monoisotopic (exact) mass is 389 g/mol. The highest BCUT2D eigenvalue weighted by Gasteiger charge is 2.34. The summed E-state index contributed by atoms with van der Waals surface area (Å²) < 4.78 is 31.8. The first-order valence-corrected chi connectivity index (χ1v) is 10.2. The molecule has 0 bridgehead atoms. The zero-order valence-corrected chi connectivity index (χ0v) is 16.2.